The second kappa shape index (κ2) is 67.8. The average molecular weight is 825 g/mol. The van der Waals surface area contributed by atoms with Crippen LogP contribution in [-0.2, 0) is 14.4 Å². The molecule has 14 nitrogen and oxygen atoms in total. The van der Waals surface area contributed by atoms with E-state index in [1.165, 1.54) is 33.1 Å². The number of allylic oxidation sites excluding steroid dienone is 1. The molecule has 1 rings (SSSR count). The summed E-state index contributed by atoms with van der Waals surface area (Å²) in [6.45, 7) is 39.4. The molecule has 1 heterocycles. The third kappa shape index (κ3) is 153. The van der Waals surface area contributed by atoms with Crippen LogP contribution >= 0.6 is 0 Å². The predicted octanol–water partition coefficient (Wildman–Crippen LogP) is 5.71. The minimum Gasteiger partial charge on any atom is -0.403 e. The second-order valence-corrected chi connectivity index (χ2v) is 13.7. The molecular weight excluding hydrogens is 725 g/mol. The van der Waals surface area contributed by atoms with Crippen molar-refractivity contribution in [2.45, 2.75) is 180 Å². The molecule has 0 radical (unpaired) electrons. The monoisotopic (exact) mass is 825 g/mol. The molecule has 0 aromatic carbocycles. The van der Waals surface area contributed by atoms with Gasteiger partial charge >= 0.3 is 0 Å². The highest BCUT2D eigenvalue weighted by Gasteiger charge is 2.24. The van der Waals surface area contributed by atoms with E-state index < -0.39 is 0 Å². The highest BCUT2D eigenvalue weighted by Crippen LogP contribution is 2.06. The molecule has 0 aliphatic carbocycles. The molecule has 2 unspecified atom stereocenters. The van der Waals surface area contributed by atoms with Crippen LogP contribution in [-0.4, -0.2) is 103 Å². The number of aliphatic imine (C=N–C) groups is 1. The zero-order valence-corrected chi connectivity index (χ0v) is 40.2. The molecule has 0 bridgehead atoms. The van der Waals surface area contributed by atoms with Gasteiger partial charge < -0.3 is 59.0 Å². The fraction of sp³-hybridized carbons (Fsp3) is 0.814. The Morgan fingerprint density at radius 1 is 0.825 bits per heavy atom. The number of β-amino-alcohol motifs (C(OH)–C–C–N with tert-alkyl or cyclic N) is 1. The van der Waals surface area contributed by atoms with Gasteiger partial charge in [0, 0.05) is 45.0 Å². The number of hydrogen-bond acceptors (Lipinski definition) is 13. The van der Waals surface area contributed by atoms with Crippen LogP contribution in [0.15, 0.2) is 29.7 Å². The molecule has 1 saturated heterocycles. The summed E-state index contributed by atoms with van der Waals surface area (Å²) in [7, 11) is 1.70. The Kier molecular flexibility index (Phi) is 89.3. The number of ketones is 3. The van der Waals surface area contributed by atoms with Gasteiger partial charge in [-0.1, -0.05) is 101 Å². The number of nitrogens with one attached hydrogen (secondary N) is 3. The Morgan fingerprint density at radius 3 is 1.39 bits per heavy atom. The molecule has 0 aromatic rings. The number of amidine groups is 1. The standard InChI is InChI=1S/C6H15N3.C6H14N2.C6H11NO2.C5H11N.C4H8O.2C4H10.C3H7NO.C3H8O.C2H6O/c1-3-4-9-5-6(7)8-2;1-3-4-5-8-6(2)7;1-4(8)6-2-5(9)3-7-6;1-3-4-5(2)6;1-3-4(2)5;1-4(2)3;1-3-4-2;1-3(5)2-4;1-3(2)4;1-2-3/h9H,3-5H2,1-2H3,(H2,7,8);8H,2-5,7H2,1H3;5-7,9H,2-3H2,1H3;2-4,6H2,1H3;3H2,1-2H3;4H,1-3H3;3-4H2,1-2H3;2,4H2,1H3;3-4H,1-2H3;3H,2H2,1H3. The van der Waals surface area contributed by atoms with Crippen molar-refractivity contribution in [3.05, 3.63) is 24.7 Å². The lowest BCUT2D eigenvalue weighted by molar-refractivity contribution is -0.119. The maximum atomic E-state index is 10.6. The highest BCUT2D eigenvalue weighted by atomic mass is 16.3. The molecule has 1 aliphatic rings. The Labute approximate surface area is 353 Å². The maximum Gasteiger partial charge on any atom is 0.146 e. The van der Waals surface area contributed by atoms with Gasteiger partial charge in [-0.3, -0.25) is 14.6 Å². The van der Waals surface area contributed by atoms with E-state index in [9.17, 15) is 14.4 Å². The predicted molar refractivity (Wildman–Crippen MR) is 250 cm³/mol. The van der Waals surface area contributed by atoms with Crippen molar-refractivity contribution in [1.29, 1.82) is 0 Å². The number of rotatable bonds is 14. The Morgan fingerprint density at radius 2 is 1.23 bits per heavy atom. The number of unbranched alkanes of at least 4 members (excludes halogenated alkanes) is 2. The van der Waals surface area contributed by atoms with Crippen LogP contribution in [0.2, 0.25) is 0 Å². The van der Waals surface area contributed by atoms with Crippen molar-refractivity contribution < 1.29 is 29.7 Å². The lowest BCUT2D eigenvalue weighted by Gasteiger charge is -2.01. The van der Waals surface area contributed by atoms with Crippen LogP contribution < -0.4 is 38.9 Å². The normalized spacial score (nSPS) is 12.9. The van der Waals surface area contributed by atoms with Crippen molar-refractivity contribution in [1.82, 2.24) is 16.0 Å². The van der Waals surface area contributed by atoms with Crippen LogP contribution in [0.4, 0.5) is 0 Å². The first-order valence-corrected chi connectivity index (χ1v) is 20.8. The zero-order chi connectivity index (χ0) is 47.2. The quantitative estimate of drug-likeness (QED) is 0.0572. The Hall–Kier alpha value is -2.88. The first-order valence-electron chi connectivity index (χ1n) is 20.8. The van der Waals surface area contributed by atoms with E-state index in [1.807, 2.05) is 6.92 Å². The van der Waals surface area contributed by atoms with Crippen molar-refractivity contribution >= 4 is 23.2 Å². The second-order valence-electron chi connectivity index (χ2n) is 13.7. The van der Waals surface area contributed by atoms with Gasteiger partial charge in [0.05, 0.1) is 31.1 Å². The maximum absolute atomic E-state index is 10.6. The first kappa shape index (κ1) is 75.0. The van der Waals surface area contributed by atoms with Gasteiger partial charge in [-0.05, 0) is 79.7 Å². The van der Waals surface area contributed by atoms with E-state index in [4.69, 9.17) is 38.3 Å². The molecule has 0 amide bonds. The molecule has 1 fully saturated rings. The molecule has 0 saturated carbocycles. The minimum atomic E-state index is -0.320. The largest absolute Gasteiger partial charge is 0.403 e. The number of Topliss-reactive ketones (excluding diaryl/α,β-unsaturated/α-hetero) is 3. The van der Waals surface area contributed by atoms with E-state index in [1.54, 1.807) is 34.7 Å². The molecule has 2 atom stereocenters. The summed E-state index contributed by atoms with van der Waals surface area (Å²) in [6.07, 6.45) is 8.96. The SMILES string of the molecule is C=C(N)CCC.C=C(N)NCCCC.CC(=O)C1CC(O)CN1.CC(=O)CN.CC(C)C.CC(C)O.CCC(C)=O.CCCC.CCCNCC(N)=NC.CCO. The van der Waals surface area contributed by atoms with Gasteiger partial charge in [0.2, 0.25) is 0 Å². The van der Waals surface area contributed by atoms with Gasteiger partial charge in [0.15, 0.2) is 0 Å². The topological polar surface area (TPSA) is 264 Å². The molecule has 14 heteroatoms. The average Bonchev–Trinajstić information content (AvgIpc) is 3.56. The van der Waals surface area contributed by atoms with E-state index >= 15 is 0 Å². The number of aliphatic hydroxyl groups excluding tert-OH is 3. The summed E-state index contributed by atoms with van der Waals surface area (Å²) < 4.78 is 0. The van der Waals surface area contributed by atoms with Gasteiger partial charge in [-0.25, -0.2) is 0 Å². The molecule has 57 heavy (non-hydrogen) atoms. The molecule has 1 aliphatic heterocycles. The Balaban J connectivity index is -0.0000000655. The lowest BCUT2D eigenvalue weighted by atomic mass is 10.1. The third-order valence-corrected chi connectivity index (χ3v) is 5.36. The van der Waals surface area contributed by atoms with Gasteiger partial charge in [0.1, 0.15) is 23.2 Å². The number of hydrogen-bond donors (Lipinski definition) is 10. The van der Waals surface area contributed by atoms with Crippen molar-refractivity contribution in [3.8, 4) is 0 Å². The first-order chi connectivity index (χ1) is 26.4. The molecule has 0 aromatic heterocycles. The van der Waals surface area contributed by atoms with Gasteiger partial charge in [0.25, 0.3) is 0 Å². The van der Waals surface area contributed by atoms with Crippen molar-refractivity contribution in [2.75, 3.05) is 46.4 Å². The summed E-state index contributed by atoms with van der Waals surface area (Å²) in [5, 5.41) is 33.5. The zero-order valence-electron chi connectivity index (χ0n) is 40.2. The minimum absolute atomic E-state index is 0.0324. The molecule has 14 N–H and O–H groups in total. The van der Waals surface area contributed by atoms with Gasteiger partial charge in [-0.15, -0.1) is 0 Å². The summed E-state index contributed by atoms with van der Waals surface area (Å²) in [5.41, 5.74) is 21.4. The van der Waals surface area contributed by atoms with Crippen LogP contribution in [0.3, 0.4) is 0 Å². The van der Waals surface area contributed by atoms with Gasteiger partial charge in [-0.2, -0.15) is 0 Å². The number of nitrogens with two attached hydrogens (primary N) is 4. The van der Waals surface area contributed by atoms with Crippen LogP contribution in [0.5, 0.6) is 0 Å². The summed E-state index contributed by atoms with van der Waals surface area (Å²) >= 11 is 0. The highest BCUT2D eigenvalue weighted by molar-refractivity contribution is 5.82. The van der Waals surface area contributed by atoms with Crippen LogP contribution in [0.25, 0.3) is 0 Å². The number of carbonyl (C=O) groups is 3. The summed E-state index contributed by atoms with van der Waals surface area (Å²) in [6, 6.07) is -0.0972. The number of aliphatic hydroxyl groups is 3. The molecule has 348 valence electrons. The van der Waals surface area contributed by atoms with E-state index in [-0.39, 0.29) is 48.8 Å². The summed E-state index contributed by atoms with van der Waals surface area (Å²) in [5.74, 6) is 2.48. The van der Waals surface area contributed by atoms with E-state index in [0.29, 0.717) is 37.6 Å². The van der Waals surface area contributed by atoms with E-state index in [0.717, 1.165) is 50.4 Å². The fourth-order valence-corrected chi connectivity index (χ4v) is 2.25. The Bertz CT molecular complexity index is 830. The lowest BCUT2D eigenvalue weighted by Crippen LogP contribution is -2.29. The number of carbonyl (C=O) groups excluding carboxylic acids is 3. The molecule has 0 spiro atoms. The van der Waals surface area contributed by atoms with E-state index in [2.05, 4.69) is 89.5 Å². The van der Waals surface area contributed by atoms with Crippen LogP contribution in [0, 0.1) is 5.92 Å². The molecular formula is C43H100N8O6. The van der Waals surface area contributed by atoms with Crippen molar-refractivity contribution in [3.63, 3.8) is 0 Å². The summed E-state index contributed by atoms with van der Waals surface area (Å²) in [4.78, 5) is 33.9. The fourth-order valence-electron chi connectivity index (χ4n) is 2.25. The smallest absolute Gasteiger partial charge is 0.146 e. The van der Waals surface area contributed by atoms with Crippen molar-refractivity contribution in [2.24, 2.45) is 33.8 Å². The van der Waals surface area contributed by atoms with Crippen LogP contribution in [0.1, 0.15) is 162 Å². The number of nitrogens with zero attached hydrogens (tertiary/aromatic N) is 1. The third-order valence-electron chi connectivity index (χ3n) is 5.36.